The Morgan fingerprint density at radius 1 is 1.47 bits per heavy atom. The Hall–Kier alpha value is -1.22. The van der Waals surface area contributed by atoms with Gasteiger partial charge in [0.25, 0.3) is 5.91 Å². The van der Waals surface area contributed by atoms with Gasteiger partial charge in [0.1, 0.15) is 0 Å². The Labute approximate surface area is 107 Å². The third-order valence-corrected chi connectivity index (χ3v) is 3.68. The van der Waals surface area contributed by atoms with E-state index in [1.165, 1.54) is 6.42 Å². The number of hydrogen-bond donors (Lipinski definition) is 1. The Morgan fingerprint density at radius 2 is 2.24 bits per heavy atom. The zero-order chi connectivity index (χ0) is 12.4. The van der Waals surface area contributed by atoms with Crippen molar-refractivity contribution in [2.24, 2.45) is 0 Å². The summed E-state index contributed by atoms with van der Waals surface area (Å²) in [6.45, 7) is 2.89. The number of halogens is 1. The number of benzene rings is 1. The van der Waals surface area contributed by atoms with Crippen molar-refractivity contribution in [1.82, 2.24) is 4.90 Å². The Morgan fingerprint density at radius 3 is 2.94 bits per heavy atom. The highest BCUT2D eigenvalue weighted by Crippen LogP contribution is 2.26. The number of hydrogen-bond acceptors (Lipinski definition) is 2. The molecular weight excluding hydrogens is 236 g/mol. The molecule has 0 aliphatic carbocycles. The maximum absolute atomic E-state index is 12.4. The molecule has 1 aromatic carbocycles. The van der Waals surface area contributed by atoms with Gasteiger partial charge in [0.05, 0.1) is 16.3 Å². The summed E-state index contributed by atoms with van der Waals surface area (Å²) in [6.07, 6.45) is 3.32. The van der Waals surface area contributed by atoms with Crippen molar-refractivity contribution in [1.29, 1.82) is 0 Å². The second-order valence-electron chi connectivity index (χ2n) is 4.54. The lowest BCUT2D eigenvalue weighted by molar-refractivity contribution is 0.0637. The lowest BCUT2D eigenvalue weighted by atomic mass is 10.0. The van der Waals surface area contributed by atoms with Crippen molar-refractivity contribution in [3.05, 3.63) is 28.8 Å². The van der Waals surface area contributed by atoms with Crippen LogP contribution in [0.25, 0.3) is 0 Å². The van der Waals surface area contributed by atoms with Gasteiger partial charge in [-0.2, -0.15) is 0 Å². The minimum atomic E-state index is -0.00259. The van der Waals surface area contributed by atoms with Crippen LogP contribution < -0.4 is 5.73 Å². The number of carbonyl (C=O) groups is 1. The molecule has 1 aliphatic rings. The van der Waals surface area contributed by atoms with Gasteiger partial charge in [-0.05, 0) is 38.3 Å². The Balaban J connectivity index is 2.27. The minimum Gasteiger partial charge on any atom is -0.397 e. The monoisotopic (exact) mass is 252 g/mol. The van der Waals surface area contributed by atoms with Crippen LogP contribution in [0.2, 0.25) is 5.02 Å². The van der Waals surface area contributed by atoms with Crippen LogP contribution in [0.5, 0.6) is 0 Å². The number of rotatable bonds is 1. The van der Waals surface area contributed by atoms with Crippen molar-refractivity contribution in [3.8, 4) is 0 Å². The van der Waals surface area contributed by atoms with E-state index < -0.39 is 0 Å². The third-order valence-electron chi connectivity index (χ3n) is 3.35. The van der Waals surface area contributed by atoms with Crippen LogP contribution in [0.4, 0.5) is 5.69 Å². The normalized spacial score (nSPS) is 20.4. The fourth-order valence-electron chi connectivity index (χ4n) is 2.28. The summed E-state index contributed by atoms with van der Waals surface area (Å²) in [7, 11) is 0. The average molecular weight is 253 g/mol. The van der Waals surface area contributed by atoms with Gasteiger partial charge in [-0.1, -0.05) is 17.7 Å². The number of nitrogens with zero attached hydrogens (tertiary/aromatic N) is 1. The molecule has 17 heavy (non-hydrogen) atoms. The van der Waals surface area contributed by atoms with Crippen molar-refractivity contribution in [2.45, 2.75) is 32.2 Å². The number of piperidine rings is 1. The maximum atomic E-state index is 12.4. The zero-order valence-electron chi connectivity index (χ0n) is 9.95. The fraction of sp³-hybridized carbons (Fsp3) is 0.462. The van der Waals surface area contributed by atoms with Crippen LogP contribution in [-0.4, -0.2) is 23.4 Å². The van der Waals surface area contributed by atoms with Crippen LogP contribution in [0.3, 0.4) is 0 Å². The second kappa shape index (κ2) is 4.96. The van der Waals surface area contributed by atoms with E-state index in [1.54, 1.807) is 18.2 Å². The van der Waals surface area contributed by atoms with E-state index >= 15 is 0 Å². The van der Waals surface area contributed by atoms with E-state index in [9.17, 15) is 4.79 Å². The van der Waals surface area contributed by atoms with Gasteiger partial charge in [0.15, 0.2) is 0 Å². The van der Waals surface area contributed by atoms with Gasteiger partial charge in [-0.25, -0.2) is 0 Å². The summed E-state index contributed by atoms with van der Waals surface area (Å²) in [5.74, 6) is -0.00259. The van der Waals surface area contributed by atoms with Gasteiger partial charge >= 0.3 is 0 Å². The lowest BCUT2D eigenvalue weighted by Gasteiger charge is -2.33. The Bertz CT molecular complexity index is 433. The fourth-order valence-corrected chi connectivity index (χ4v) is 2.45. The molecule has 2 N–H and O–H groups in total. The molecule has 0 spiro atoms. The topological polar surface area (TPSA) is 46.3 Å². The van der Waals surface area contributed by atoms with E-state index in [0.717, 1.165) is 19.4 Å². The molecule has 92 valence electrons. The highest BCUT2D eigenvalue weighted by atomic mass is 35.5. The summed E-state index contributed by atoms with van der Waals surface area (Å²) in [5.41, 5.74) is 6.76. The maximum Gasteiger partial charge on any atom is 0.256 e. The number of nitrogen functional groups attached to an aromatic ring is 1. The zero-order valence-corrected chi connectivity index (χ0v) is 10.7. The molecule has 1 saturated heterocycles. The predicted octanol–water partition coefficient (Wildman–Crippen LogP) is 2.94. The number of anilines is 1. The molecule has 0 bridgehead atoms. The van der Waals surface area contributed by atoms with Gasteiger partial charge in [-0.15, -0.1) is 0 Å². The highest BCUT2D eigenvalue weighted by molar-refractivity contribution is 6.33. The molecule has 1 aliphatic heterocycles. The van der Waals surface area contributed by atoms with Gasteiger partial charge < -0.3 is 10.6 Å². The van der Waals surface area contributed by atoms with Crippen molar-refractivity contribution < 1.29 is 4.79 Å². The SMILES string of the molecule is CC1CCCCN1C(=O)c1cccc(Cl)c1N. The van der Waals surface area contributed by atoms with E-state index in [1.807, 2.05) is 4.90 Å². The van der Waals surface area contributed by atoms with Crippen LogP contribution in [-0.2, 0) is 0 Å². The molecule has 0 saturated carbocycles. The van der Waals surface area contributed by atoms with Crippen LogP contribution in [0.15, 0.2) is 18.2 Å². The molecule has 3 nitrogen and oxygen atoms in total. The largest absolute Gasteiger partial charge is 0.397 e. The second-order valence-corrected chi connectivity index (χ2v) is 4.95. The first-order valence-corrected chi connectivity index (χ1v) is 6.34. The van der Waals surface area contributed by atoms with Crippen molar-refractivity contribution >= 4 is 23.2 Å². The summed E-state index contributed by atoms with van der Waals surface area (Å²) in [5, 5.41) is 0.445. The summed E-state index contributed by atoms with van der Waals surface area (Å²) in [6, 6.07) is 5.49. The average Bonchev–Trinajstić information content (AvgIpc) is 2.32. The van der Waals surface area contributed by atoms with Crippen molar-refractivity contribution in [2.75, 3.05) is 12.3 Å². The molecule has 1 atom stereocenters. The molecule has 1 amide bonds. The standard InChI is InChI=1S/C13H17ClN2O/c1-9-5-2-3-8-16(9)13(17)10-6-4-7-11(14)12(10)15/h4,6-7,9H,2-3,5,8,15H2,1H3. The number of nitrogens with two attached hydrogens (primary N) is 1. The molecule has 2 rings (SSSR count). The van der Waals surface area contributed by atoms with Gasteiger partial charge in [-0.3, -0.25) is 4.79 Å². The lowest BCUT2D eigenvalue weighted by Crippen LogP contribution is -2.42. The van der Waals surface area contributed by atoms with Crippen LogP contribution in [0, 0.1) is 0 Å². The first kappa shape index (κ1) is 12.2. The molecule has 0 aromatic heterocycles. The first-order chi connectivity index (χ1) is 8.11. The molecule has 0 radical (unpaired) electrons. The predicted molar refractivity (Wildman–Crippen MR) is 70.2 cm³/mol. The molecule has 4 heteroatoms. The van der Waals surface area contributed by atoms with E-state index in [4.69, 9.17) is 17.3 Å². The summed E-state index contributed by atoms with van der Waals surface area (Å²) < 4.78 is 0. The number of amides is 1. The van der Waals surface area contributed by atoms with Crippen LogP contribution in [0.1, 0.15) is 36.5 Å². The molecule has 1 heterocycles. The molecular formula is C13H17ClN2O. The number of para-hydroxylation sites is 1. The smallest absolute Gasteiger partial charge is 0.256 e. The van der Waals surface area contributed by atoms with Gasteiger partial charge in [0.2, 0.25) is 0 Å². The molecule has 1 fully saturated rings. The van der Waals surface area contributed by atoms with E-state index in [2.05, 4.69) is 6.92 Å². The van der Waals surface area contributed by atoms with Gasteiger partial charge in [0, 0.05) is 12.6 Å². The quantitative estimate of drug-likeness (QED) is 0.781. The van der Waals surface area contributed by atoms with E-state index in [-0.39, 0.29) is 11.9 Å². The summed E-state index contributed by atoms with van der Waals surface area (Å²) in [4.78, 5) is 14.3. The van der Waals surface area contributed by atoms with E-state index in [0.29, 0.717) is 16.3 Å². The minimum absolute atomic E-state index is 0.00259. The first-order valence-electron chi connectivity index (χ1n) is 5.96. The molecule has 1 aromatic rings. The van der Waals surface area contributed by atoms with Crippen molar-refractivity contribution in [3.63, 3.8) is 0 Å². The summed E-state index contributed by atoms with van der Waals surface area (Å²) >= 11 is 5.94. The van der Waals surface area contributed by atoms with Crippen LogP contribution >= 0.6 is 11.6 Å². The highest BCUT2D eigenvalue weighted by Gasteiger charge is 2.25. The Kier molecular flexibility index (Phi) is 3.57. The molecule has 1 unspecified atom stereocenters. The number of likely N-dealkylation sites (tertiary alicyclic amines) is 1. The number of carbonyl (C=O) groups excluding carboxylic acids is 1. The third kappa shape index (κ3) is 2.39.